The van der Waals surface area contributed by atoms with Gasteiger partial charge in [0.1, 0.15) is 34.6 Å². The van der Waals surface area contributed by atoms with Crippen LogP contribution in [-0.2, 0) is 0 Å². The highest BCUT2D eigenvalue weighted by Gasteiger charge is 2.29. The van der Waals surface area contributed by atoms with E-state index in [1.165, 1.54) is 25.1 Å². The fourth-order valence-electron chi connectivity index (χ4n) is 9.96. The van der Waals surface area contributed by atoms with E-state index in [0.717, 1.165) is 136 Å². The molecule has 0 aliphatic carbocycles. The van der Waals surface area contributed by atoms with Crippen molar-refractivity contribution in [2.45, 2.75) is 56.3 Å². The van der Waals surface area contributed by atoms with Gasteiger partial charge in [-0.2, -0.15) is 0 Å². The number of piperidine rings is 3. The molecule has 9 heterocycles. The lowest BCUT2D eigenvalue weighted by Gasteiger charge is -2.31. The van der Waals surface area contributed by atoms with Gasteiger partial charge < -0.3 is 35.2 Å². The molecule has 3 aliphatic rings. The first-order valence-electron chi connectivity index (χ1n) is 26.2. The molecule has 13 rings (SSSR count). The first kappa shape index (κ1) is 53.5. The van der Waals surface area contributed by atoms with Gasteiger partial charge in [0.15, 0.2) is 0 Å². The van der Waals surface area contributed by atoms with Crippen molar-refractivity contribution in [2.75, 3.05) is 39.3 Å². The van der Waals surface area contributed by atoms with Gasteiger partial charge in [-0.05, 0) is 156 Å². The number of nitrogens with zero attached hydrogens (tertiary/aromatic N) is 8. The number of H-pyrrole nitrogens is 3. The van der Waals surface area contributed by atoms with Crippen molar-refractivity contribution in [3.8, 4) is 11.1 Å². The number of carbonyl (C=O) groups excluding carboxylic acids is 2. The van der Waals surface area contributed by atoms with Crippen LogP contribution in [0.2, 0.25) is 0 Å². The molecule has 3 saturated heterocycles. The zero-order valence-electron chi connectivity index (χ0n) is 42.7. The molecule has 3 fully saturated rings. The zero-order chi connectivity index (χ0) is 53.8. The number of aromatic carboxylic acids is 1. The van der Waals surface area contributed by atoms with Crippen molar-refractivity contribution in [1.82, 2.24) is 60.0 Å². The summed E-state index contributed by atoms with van der Waals surface area (Å²) in [4.78, 5) is 76.0. The lowest BCUT2D eigenvalue weighted by atomic mass is 9.96. The molecule has 78 heavy (non-hydrogen) atoms. The van der Waals surface area contributed by atoms with E-state index >= 15 is 0 Å². The number of aromatic nitrogens is 9. The summed E-state index contributed by atoms with van der Waals surface area (Å²) in [7, 11) is 0. The minimum Gasteiger partial charge on any atom is -0.477 e. The average Bonchev–Trinajstić information content (AvgIpc) is 4.28. The molecule has 0 unspecified atom stereocenters. The van der Waals surface area contributed by atoms with Crippen LogP contribution < -0.4 is 5.32 Å². The van der Waals surface area contributed by atoms with Gasteiger partial charge in [-0.25, -0.2) is 29.7 Å². The number of carbonyl (C=O) groups is 3. The molecule has 0 spiro atoms. The molecule has 3 aliphatic heterocycles. The molecule has 0 saturated carbocycles. The number of hydrogen-bond acceptors (Lipinski definition) is 10. The van der Waals surface area contributed by atoms with Crippen LogP contribution >= 0.6 is 31.9 Å². The van der Waals surface area contributed by atoms with Crippen molar-refractivity contribution in [2.24, 2.45) is 0 Å². The molecule has 16 nitrogen and oxygen atoms in total. The molecular formula is C60H58Br2N12O4. The Labute approximate surface area is 467 Å². The van der Waals surface area contributed by atoms with Gasteiger partial charge in [0.2, 0.25) is 0 Å². The number of para-hydroxylation sites is 6. The molecule has 0 atom stereocenters. The Bertz CT molecular complexity index is 3490. The third kappa shape index (κ3) is 13.4. The molecule has 2 amide bonds. The van der Waals surface area contributed by atoms with Crippen LogP contribution in [0.15, 0.2) is 167 Å². The average molecular weight is 1170 g/mol. The molecule has 10 aromatic rings. The van der Waals surface area contributed by atoms with Crippen molar-refractivity contribution < 1.29 is 19.5 Å². The molecule has 4 aromatic carbocycles. The third-order valence-corrected chi connectivity index (χ3v) is 15.2. The van der Waals surface area contributed by atoms with Crippen LogP contribution in [0.5, 0.6) is 0 Å². The summed E-state index contributed by atoms with van der Waals surface area (Å²) in [6, 6.07) is 45.0. The fourth-order valence-corrected chi connectivity index (χ4v) is 10.4. The summed E-state index contributed by atoms with van der Waals surface area (Å²) in [5.74, 6) is 3.58. The van der Waals surface area contributed by atoms with Crippen LogP contribution in [0.1, 0.15) is 105 Å². The second-order valence-corrected chi connectivity index (χ2v) is 21.2. The number of imidazole rings is 3. The molecular weight excluding hydrogens is 1110 g/mol. The topological polar surface area (TPSA) is 215 Å². The van der Waals surface area contributed by atoms with Crippen LogP contribution in [0.25, 0.3) is 44.2 Å². The van der Waals surface area contributed by atoms with Crippen LogP contribution in [0.4, 0.5) is 0 Å². The smallest absolute Gasteiger partial charge is 0.354 e. The Kier molecular flexibility index (Phi) is 17.5. The number of benzene rings is 4. The minimum atomic E-state index is -1.01. The van der Waals surface area contributed by atoms with Crippen molar-refractivity contribution >= 4 is 82.7 Å². The van der Waals surface area contributed by atoms with Crippen LogP contribution in [0, 0.1) is 0 Å². The summed E-state index contributed by atoms with van der Waals surface area (Å²) in [5.41, 5.74) is 9.59. The highest BCUT2D eigenvalue weighted by Crippen LogP contribution is 2.31. The maximum atomic E-state index is 12.9. The Hall–Kier alpha value is -7.93. The number of fused-ring (bicyclic) bond motifs is 3. The number of carboxylic acids is 1. The number of hydrogen-bond donors (Lipinski definition) is 5. The Morgan fingerprint density at radius 2 is 0.821 bits per heavy atom. The number of halogens is 2. The van der Waals surface area contributed by atoms with Gasteiger partial charge in [-0.1, -0.05) is 72.8 Å². The Morgan fingerprint density at radius 1 is 0.436 bits per heavy atom. The SMILES string of the molecule is O=C(O)c1ccc(Br)cn1.O=C(c1ccc(-c2ccccc2)cn1)N1CCC(c2nc3ccccc3[nH]2)CC1.O=C(c1ccc(Br)cn1)N1CCC(c2nc3ccccc3[nH]2)CC1.c1ccc2[nH]c(C3CCNCC3)nc2c1. The number of carboxylic acid groups (broad SMARTS) is 1. The largest absolute Gasteiger partial charge is 0.477 e. The third-order valence-electron chi connectivity index (χ3n) is 14.3. The maximum Gasteiger partial charge on any atom is 0.354 e. The van der Waals surface area contributed by atoms with E-state index in [2.05, 4.69) is 90.3 Å². The Balaban J connectivity index is 0.000000126. The lowest BCUT2D eigenvalue weighted by Crippen LogP contribution is -2.38. The van der Waals surface area contributed by atoms with Gasteiger partial charge in [0.25, 0.3) is 11.8 Å². The van der Waals surface area contributed by atoms with Crippen LogP contribution in [-0.4, -0.2) is 117 Å². The van der Waals surface area contributed by atoms with Gasteiger partial charge in [-0.3, -0.25) is 14.6 Å². The van der Waals surface area contributed by atoms with Gasteiger partial charge in [0.05, 0.1) is 33.1 Å². The predicted octanol–water partition coefficient (Wildman–Crippen LogP) is 12.0. The molecule has 6 aromatic heterocycles. The number of nitrogens with one attached hydrogen (secondary N) is 4. The summed E-state index contributed by atoms with van der Waals surface area (Å²) < 4.78 is 1.65. The maximum absolute atomic E-state index is 12.9. The number of amides is 2. The quantitative estimate of drug-likeness (QED) is 0.101. The number of aromatic amines is 3. The lowest BCUT2D eigenvalue weighted by molar-refractivity contribution is 0.0685. The van der Waals surface area contributed by atoms with Gasteiger partial charge in [-0.15, -0.1) is 0 Å². The highest BCUT2D eigenvalue weighted by molar-refractivity contribution is 9.10. The Morgan fingerprint density at radius 3 is 1.21 bits per heavy atom. The van der Waals surface area contributed by atoms with E-state index in [-0.39, 0.29) is 17.5 Å². The molecule has 0 bridgehead atoms. The van der Waals surface area contributed by atoms with Crippen molar-refractivity contribution in [3.63, 3.8) is 0 Å². The molecule has 5 N–H and O–H groups in total. The van der Waals surface area contributed by atoms with Gasteiger partial charge >= 0.3 is 5.97 Å². The summed E-state index contributed by atoms with van der Waals surface area (Å²) in [5, 5.41) is 11.8. The summed E-state index contributed by atoms with van der Waals surface area (Å²) >= 11 is 6.48. The van der Waals surface area contributed by atoms with Crippen molar-refractivity contribution in [3.05, 3.63) is 202 Å². The molecule has 0 radical (unpaired) electrons. The molecule has 18 heteroatoms. The normalized spacial score (nSPS) is 15.2. The van der Waals surface area contributed by atoms with E-state index in [4.69, 9.17) is 15.1 Å². The monoisotopic (exact) mass is 1170 g/mol. The van der Waals surface area contributed by atoms with E-state index in [1.807, 2.05) is 113 Å². The van der Waals surface area contributed by atoms with E-state index < -0.39 is 5.97 Å². The van der Waals surface area contributed by atoms with Crippen LogP contribution in [0.3, 0.4) is 0 Å². The van der Waals surface area contributed by atoms with E-state index in [1.54, 1.807) is 24.5 Å². The highest BCUT2D eigenvalue weighted by atomic mass is 79.9. The standard InChI is InChI=1S/C24H22N4O.C18H17BrN4O.C12H15N3.C6H4BrNO2/c29-24(22-11-10-19(16-25-22)17-6-2-1-3-7-17)28-14-12-18(13-15-28)23-26-20-8-4-5-9-21(20)27-23;19-13-5-6-16(20-11-13)18(24)23-9-7-12(8-10-23)17-21-14-3-1-2-4-15(14)22-17;1-2-4-11-10(3-1)14-12(15-11)9-5-7-13-8-6-9;7-4-1-2-5(6(9)10)8-3-4/h1-11,16,18H,12-15H2,(H,26,27);1-6,11-12H,7-10H2,(H,21,22);1-4,9,13H,5-8H2,(H,14,15);1-3H,(H,9,10). The minimum absolute atomic E-state index is 0.00514. The first-order chi connectivity index (χ1) is 38.1. The number of pyridine rings is 3. The first-order valence-corrected chi connectivity index (χ1v) is 27.8. The van der Waals surface area contributed by atoms with Crippen molar-refractivity contribution in [1.29, 1.82) is 0 Å². The fraction of sp³-hybridized carbons (Fsp3) is 0.250. The number of likely N-dealkylation sites (tertiary alicyclic amines) is 2. The van der Waals surface area contributed by atoms with Gasteiger partial charge in [0, 0.05) is 77.0 Å². The second-order valence-electron chi connectivity index (χ2n) is 19.4. The second kappa shape index (κ2) is 25.5. The predicted molar refractivity (Wildman–Crippen MR) is 309 cm³/mol. The zero-order valence-corrected chi connectivity index (χ0v) is 45.9. The molecule has 396 valence electrons. The van der Waals surface area contributed by atoms with E-state index in [0.29, 0.717) is 29.1 Å². The van der Waals surface area contributed by atoms with E-state index in [9.17, 15) is 14.4 Å². The summed E-state index contributed by atoms with van der Waals surface area (Å²) in [6.45, 7) is 5.14. The summed E-state index contributed by atoms with van der Waals surface area (Å²) in [6.07, 6.45) is 10.9. The number of rotatable bonds is 7.